The summed E-state index contributed by atoms with van der Waals surface area (Å²) in [6.45, 7) is 0.427. The minimum absolute atomic E-state index is 0.318. The summed E-state index contributed by atoms with van der Waals surface area (Å²) in [5.41, 5.74) is 1.04. The SMILES string of the molecule is O=C(CNC(=O)c1ccccc1)OCC(=O)N(Cc1cccs1)c1ccc2c(c1)OCCO2. The predicted octanol–water partition coefficient (Wildman–Crippen LogP) is 3.03. The van der Waals surface area contributed by atoms with Gasteiger partial charge in [0.2, 0.25) is 0 Å². The first kappa shape index (κ1) is 22.3. The molecule has 3 aromatic rings. The van der Waals surface area contributed by atoms with E-state index in [1.54, 1.807) is 48.5 Å². The summed E-state index contributed by atoms with van der Waals surface area (Å²) < 4.78 is 16.3. The first-order chi connectivity index (χ1) is 16.1. The smallest absolute Gasteiger partial charge is 0.325 e. The van der Waals surface area contributed by atoms with Crippen LogP contribution in [0.4, 0.5) is 5.69 Å². The fraction of sp³-hybridized carbons (Fsp3) is 0.208. The molecule has 0 radical (unpaired) electrons. The van der Waals surface area contributed by atoms with Gasteiger partial charge in [-0.05, 0) is 35.7 Å². The summed E-state index contributed by atoms with van der Waals surface area (Å²) in [5, 5.41) is 4.41. The Morgan fingerprint density at radius 3 is 2.52 bits per heavy atom. The lowest BCUT2D eigenvalue weighted by Crippen LogP contribution is -2.36. The maximum absolute atomic E-state index is 13.0. The molecule has 2 heterocycles. The second-order valence-electron chi connectivity index (χ2n) is 7.10. The highest BCUT2D eigenvalue weighted by Crippen LogP contribution is 2.34. The fourth-order valence-electron chi connectivity index (χ4n) is 3.20. The number of thiophene rings is 1. The van der Waals surface area contributed by atoms with Crippen LogP contribution in [0.3, 0.4) is 0 Å². The number of hydrogen-bond acceptors (Lipinski definition) is 7. The van der Waals surface area contributed by atoms with Crippen LogP contribution in [-0.4, -0.2) is 44.1 Å². The van der Waals surface area contributed by atoms with Crippen LogP contribution in [0.1, 0.15) is 15.2 Å². The van der Waals surface area contributed by atoms with Crippen LogP contribution < -0.4 is 19.7 Å². The molecule has 0 aliphatic carbocycles. The summed E-state index contributed by atoms with van der Waals surface area (Å²) in [4.78, 5) is 39.7. The van der Waals surface area contributed by atoms with Crippen LogP contribution in [0.2, 0.25) is 0 Å². The maximum atomic E-state index is 13.0. The van der Waals surface area contributed by atoms with Gasteiger partial charge in [0.1, 0.15) is 19.8 Å². The van der Waals surface area contributed by atoms with Gasteiger partial charge in [0.15, 0.2) is 18.1 Å². The molecule has 0 saturated heterocycles. The van der Waals surface area contributed by atoms with E-state index in [0.717, 1.165) is 4.88 Å². The Labute approximate surface area is 194 Å². The molecule has 0 bridgehead atoms. The third kappa shape index (κ3) is 5.89. The normalized spacial score (nSPS) is 12.0. The Bertz CT molecular complexity index is 1120. The largest absolute Gasteiger partial charge is 0.486 e. The van der Waals surface area contributed by atoms with Gasteiger partial charge < -0.3 is 24.4 Å². The Morgan fingerprint density at radius 1 is 0.970 bits per heavy atom. The summed E-state index contributed by atoms with van der Waals surface area (Å²) in [7, 11) is 0. The summed E-state index contributed by atoms with van der Waals surface area (Å²) in [6.07, 6.45) is 0. The molecule has 0 unspecified atom stereocenters. The predicted molar refractivity (Wildman–Crippen MR) is 123 cm³/mol. The van der Waals surface area contributed by atoms with E-state index in [1.165, 1.54) is 16.2 Å². The van der Waals surface area contributed by atoms with Crippen molar-refractivity contribution in [3.63, 3.8) is 0 Å². The van der Waals surface area contributed by atoms with Gasteiger partial charge in [0.05, 0.1) is 6.54 Å². The van der Waals surface area contributed by atoms with Gasteiger partial charge in [0.25, 0.3) is 11.8 Å². The van der Waals surface area contributed by atoms with E-state index in [-0.39, 0.29) is 6.54 Å². The van der Waals surface area contributed by atoms with E-state index in [0.29, 0.717) is 42.5 Å². The lowest BCUT2D eigenvalue weighted by molar-refractivity contribution is -0.146. The number of hydrogen-bond donors (Lipinski definition) is 1. The van der Waals surface area contributed by atoms with Crippen molar-refractivity contribution < 1.29 is 28.6 Å². The minimum atomic E-state index is -0.703. The highest BCUT2D eigenvalue weighted by molar-refractivity contribution is 7.09. The number of nitrogens with one attached hydrogen (secondary N) is 1. The van der Waals surface area contributed by atoms with E-state index in [4.69, 9.17) is 14.2 Å². The zero-order valence-corrected chi connectivity index (χ0v) is 18.5. The molecule has 2 amide bonds. The number of rotatable bonds is 8. The number of benzene rings is 2. The van der Waals surface area contributed by atoms with Gasteiger partial charge in [-0.15, -0.1) is 11.3 Å². The quantitative estimate of drug-likeness (QED) is 0.513. The van der Waals surface area contributed by atoms with Gasteiger partial charge in [-0.1, -0.05) is 24.3 Å². The molecule has 0 atom stereocenters. The number of carbonyl (C=O) groups excluding carboxylic acids is 3. The van der Waals surface area contributed by atoms with Gasteiger partial charge >= 0.3 is 5.97 Å². The van der Waals surface area contributed by atoms with Crippen molar-refractivity contribution in [1.82, 2.24) is 5.32 Å². The van der Waals surface area contributed by atoms with Crippen LogP contribution in [0.15, 0.2) is 66.0 Å². The van der Waals surface area contributed by atoms with E-state index < -0.39 is 24.4 Å². The van der Waals surface area contributed by atoms with E-state index >= 15 is 0 Å². The van der Waals surface area contributed by atoms with Crippen LogP contribution >= 0.6 is 11.3 Å². The summed E-state index contributed by atoms with van der Waals surface area (Å²) in [6, 6.07) is 17.6. The first-order valence-electron chi connectivity index (χ1n) is 10.3. The molecule has 1 aliphatic rings. The molecular weight excluding hydrogens is 444 g/mol. The van der Waals surface area contributed by atoms with Crippen molar-refractivity contribution in [2.75, 3.05) is 31.3 Å². The minimum Gasteiger partial charge on any atom is -0.486 e. The zero-order chi connectivity index (χ0) is 23.0. The van der Waals surface area contributed by atoms with Crippen molar-refractivity contribution >= 4 is 34.8 Å². The highest BCUT2D eigenvalue weighted by atomic mass is 32.1. The molecule has 170 valence electrons. The maximum Gasteiger partial charge on any atom is 0.325 e. The number of anilines is 1. The van der Waals surface area contributed by atoms with Gasteiger partial charge in [-0.3, -0.25) is 14.4 Å². The Balaban J connectivity index is 1.38. The number of esters is 1. The van der Waals surface area contributed by atoms with Crippen LogP contribution in [0, 0.1) is 0 Å². The summed E-state index contributed by atoms with van der Waals surface area (Å²) >= 11 is 1.52. The average molecular weight is 467 g/mol. The third-order valence-electron chi connectivity index (χ3n) is 4.82. The molecular formula is C24H22N2O6S. The standard InChI is InChI=1S/C24H22N2O6S/c27-22(16-32-23(28)14-25-24(29)17-5-2-1-3-6-17)26(15-19-7-4-12-33-19)18-8-9-20-21(13-18)31-11-10-30-20/h1-9,12-13H,10-11,14-16H2,(H,25,29). The number of ether oxygens (including phenoxy) is 3. The van der Waals surface area contributed by atoms with Crippen LogP contribution in [-0.2, 0) is 20.9 Å². The van der Waals surface area contributed by atoms with Crippen molar-refractivity contribution in [2.24, 2.45) is 0 Å². The summed E-state index contributed by atoms with van der Waals surface area (Å²) in [5.74, 6) is -0.319. The van der Waals surface area contributed by atoms with Crippen LogP contribution in [0.25, 0.3) is 0 Å². The zero-order valence-electron chi connectivity index (χ0n) is 17.7. The molecule has 0 spiro atoms. The number of nitrogens with zero attached hydrogens (tertiary/aromatic N) is 1. The lowest BCUT2D eigenvalue weighted by Gasteiger charge is -2.25. The van der Waals surface area contributed by atoms with Crippen molar-refractivity contribution in [3.8, 4) is 11.5 Å². The van der Waals surface area contributed by atoms with E-state index in [1.807, 2.05) is 17.5 Å². The lowest BCUT2D eigenvalue weighted by atomic mass is 10.2. The fourth-order valence-corrected chi connectivity index (χ4v) is 3.89. The third-order valence-corrected chi connectivity index (χ3v) is 5.68. The number of fused-ring (bicyclic) bond motifs is 1. The Kier molecular flexibility index (Phi) is 7.21. The van der Waals surface area contributed by atoms with Crippen molar-refractivity contribution in [1.29, 1.82) is 0 Å². The molecule has 2 aromatic carbocycles. The van der Waals surface area contributed by atoms with Crippen molar-refractivity contribution in [3.05, 3.63) is 76.5 Å². The van der Waals surface area contributed by atoms with Gasteiger partial charge in [0, 0.05) is 22.2 Å². The molecule has 1 aromatic heterocycles. The molecule has 4 rings (SSSR count). The van der Waals surface area contributed by atoms with Gasteiger partial charge in [-0.2, -0.15) is 0 Å². The molecule has 0 fully saturated rings. The van der Waals surface area contributed by atoms with E-state index in [2.05, 4.69) is 5.32 Å². The number of carbonyl (C=O) groups is 3. The molecule has 1 aliphatic heterocycles. The average Bonchev–Trinajstić information content (AvgIpc) is 3.38. The molecule has 33 heavy (non-hydrogen) atoms. The number of amides is 2. The monoisotopic (exact) mass is 466 g/mol. The molecule has 0 saturated carbocycles. The topological polar surface area (TPSA) is 94.2 Å². The Morgan fingerprint density at radius 2 is 1.76 bits per heavy atom. The van der Waals surface area contributed by atoms with Crippen LogP contribution in [0.5, 0.6) is 11.5 Å². The Hall–Kier alpha value is -3.85. The second-order valence-corrected chi connectivity index (χ2v) is 8.13. The van der Waals surface area contributed by atoms with E-state index in [9.17, 15) is 14.4 Å². The molecule has 1 N–H and O–H groups in total. The molecule has 9 heteroatoms. The highest BCUT2D eigenvalue weighted by Gasteiger charge is 2.22. The first-order valence-corrected chi connectivity index (χ1v) is 11.2. The van der Waals surface area contributed by atoms with Gasteiger partial charge in [-0.25, -0.2) is 0 Å². The second kappa shape index (κ2) is 10.6. The molecule has 8 nitrogen and oxygen atoms in total. The van der Waals surface area contributed by atoms with Crippen molar-refractivity contribution in [2.45, 2.75) is 6.54 Å².